The van der Waals surface area contributed by atoms with Crippen molar-refractivity contribution in [2.75, 3.05) is 11.9 Å². The Morgan fingerprint density at radius 1 is 1.56 bits per heavy atom. The molecule has 0 amide bonds. The summed E-state index contributed by atoms with van der Waals surface area (Å²) in [5.74, 6) is -0.238. The highest BCUT2D eigenvalue weighted by atomic mass is 35.5. The van der Waals surface area contributed by atoms with Gasteiger partial charge in [0.15, 0.2) is 0 Å². The number of para-hydroxylation sites is 1. The van der Waals surface area contributed by atoms with E-state index in [1.807, 2.05) is 0 Å². The lowest BCUT2D eigenvalue weighted by Crippen LogP contribution is -2.13. The molecule has 0 aliphatic carbocycles. The van der Waals surface area contributed by atoms with Gasteiger partial charge in [-0.15, -0.1) is 0 Å². The summed E-state index contributed by atoms with van der Waals surface area (Å²) in [6, 6.07) is 4.48. The van der Waals surface area contributed by atoms with Crippen LogP contribution in [-0.4, -0.2) is 17.6 Å². The second kappa shape index (κ2) is 6.17. The van der Waals surface area contributed by atoms with Gasteiger partial charge in [0.25, 0.3) is 0 Å². The van der Waals surface area contributed by atoms with E-state index in [0.29, 0.717) is 24.4 Å². The molecule has 88 valence electrons. The van der Waals surface area contributed by atoms with Crippen LogP contribution in [0.5, 0.6) is 0 Å². The van der Waals surface area contributed by atoms with Gasteiger partial charge in [0.2, 0.25) is 0 Å². The molecule has 0 aliphatic heterocycles. The van der Waals surface area contributed by atoms with E-state index in [1.54, 1.807) is 12.1 Å². The van der Waals surface area contributed by atoms with Gasteiger partial charge in [-0.05, 0) is 18.6 Å². The van der Waals surface area contributed by atoms with Crippen molar-refractivity contribution in [3.8, 4) is 0 Å². The summed E-state index contributed by atoms with van der Waals surface area (Å²) in [7, 11) is 0. The molecule has 1 aromatic rings. The van der Waals surface area contributed by atoms with Crippen molar-refractivity contribution in [3.05, 3.63) is 29.0 Å². The molecule has 0 unspecified atom stereocenters. The van der Waals surface area contributed by atoms with E-state index >= 15 is 0 Å². The second-order valence-corrected chi connectivity index (χ2v) is 3.63. The molecule has 0 saturated carbocycles. The summed E-state index contributed by atoms with van der Waals surface area (Å²) < 4.78 is 13.3. The van der Waals surface area contributed by atoms with E-state index in [2.05, 4.69) is 10.5 Å². The summed E-state index contributed by atoms with van der Waals surface area (Å²) in [5.41, 5.74) is 5.57. The highest BCUT2D eigenvalue weighted by molar-refractivity contribution is 6.33. The molecule has 4 N–H and O–H groups in total. The fourth-order valence-electron chi connectivity index (χ4n) is 1.20. The highest BCUT2D eigenvalue weighted by Gasteiger charge is 2.05. The summed E-state index contributed by atoms with van der Waals surface area (Å²) in [6.07, 6.45) is 1.07. The Labute approximate surface area is 97.9 Å². The lowest BCUT2D eigenvalue weighted by Gasteiger charge is -2.08. The molecule has 1 aromatic carbocycles. The molecule has 0 atom stereocenters. The van der Waals surface area contributed by atoms with E-state index in [1.165, 1.54) is 6.07 Å². The molecule has 0 aliphatic rings. The van der Waals surface area contributed by atoms with Crippen molar-refractivity contribution < 1.29 is 9.60 Å². The van der Waals surface area contributed by atoms with Crippen molar-refractivity contribution in [2.24, 2.45) is 10.9 Å². The molecule has 0 aromatic heterocycles. The largest absolute Gasteiger partial charge is 0.409 e. The number of amidine groups is 1. The smallest absolute Gasteiger partial charge is 0.147 e. The number of benzene rings is 1. The van der Waals surface area contributed by atoms with Crippen LogP contribution in [0.15, 0.2) is 23.4 Å². The average molecular weight is 246 g/mol. The van der Waals surface area contributed by atoms with Crippen LogP contribution in [0.25, 0.3) is 0 Å². The maximum absolute atomic E-state index is 13.3. The number of nitrogens with zero attached hydrogens (tertiary/aromatic N) is 1. The number of rotatable bonds is 5. The Kier molecular flexibility index (Phi) is 4.85. The minimum atomic E-state index is -0.392. The Morgan fingerprint density at radius 2 is 2.31 bits per heavy atom. The van der Waals surface area contributed by atoms with Gasteiger partial charge in [-0.3, -0.25) is 0 Å². The molecule has 0 heterocycles. The number of hydrogen-bond donors (Lipinski definition) is 3. The molecule has 16 heavy (non-hydrogen) atoms. The molecule has 0 spiro atoms. The van der Waals surface area contributed by atoms with Crippen LogP contribution < -0.4 is 11.1 Å². The predicted octanol–water partition coefficient (Wildman–Crippen LogP) is 2.42. The first-order valence-corrected chi connectivity index (χ1v) is 5.17. The van der Waals surface area contributed by atoms with Crippen molar-refractivity contribution in [3.63, 3.8) is 0 Å². The third-order valence-electron chi connectivity index (χ3n) is 2.00. The number of oxime groups is 1. The fourth-order valence-corrected chi connectivity index (χ4v) is 1.43. The SMILES string of the molecule is N/C(CCCNc1c(F)cccc1Cl)=N/O. The summed E-state index contributed by atoms with van der Waals surface area (Å²) >= 11 is 5.81. The first-order valence-electron chi connectivity index (χ1n) is 4.79. The molecule has 0 bridgehead atoms. The Morgan fingerprint density at radius 3 is 2.94 bits per heavy atom. The quantitative estimate of drug-likeness (QED) is 0.245. The molecular weight excluding hydrogens is 233 g/mol. The van der Waals surface area contributed by atoms with Gasteiger partial charge in [-0.25, -0.2) is 4.39 Å². The average Bonchev–Trinajstić information content (AvgIpc) is 2.27. The van der Waals surface area contributed by atoms with Gasteiger partial charge >= 0.3 is 0 Å². The van der Waals surface area contributed by atoms with E-state index < -0.39 is 5.82 Å². The number of hydrogen-bond acceptors (Lipinski definition) is 3. The molecule has 4 nitrogen and oxygen atoms in total. The van der Waals surface area contributed by atoms with E-state index in [4.69, 9.17) is 22.5 Å². The van der Waals surface area contributed by atoms with E-state index in [9.17, 15) is 4.39 Å². The van der Waals surface area contributed by atoms with Gasteiger partial charge in [0, 0.05) is 13.0 Å². The monoisotopic (exact) mass is 245 g/mol. The molecule has 0 fully saturated rings. The Bertz CT molecular complexity index is 364. The third kappa shape index (κ3) is 3.58. The van der Waals surface area contributed by atoms with Crippen LogP contribution in [0.1, 0.15) is 12.8 Å². The standard InChI is InChI=1S/C10H13ClFN3O/c11-7-3-1-4-8(12)10(7)14-6-2-5-9(13)15-16/h1,3-4,14,16H,2,5-6H2,(H2,13,15). The lowest BCUT2D eigenvalue weighted by molar-refractivity contribution is 0.316. The number of nitrogens with one attached hydrogen (secondary N) is 1. The third-order valence-corrected chi connectivity index (χ3v) is 2.32. The van der Waals surface area contributed by atoms with Crippen molar-refractivity contribution in [1.29, 1.82) is 0 Å². The fraction of sp³-hybridized carbons (Fsp3) is 0.300. The van der Waals surface area contributed by atoms with E-state index in [0.717, 1.165) is 0 Å². The number of anilines is 1. The maximum Gasteiger partial charge on any atom is 0.147 e. The zero-order valence-electron chi connectivity index (χ0n) is 8.58. The number of halogens is 2. The first kappa shape index (κ1) is 12.6. The lowest BCUT2D eigenvalue weighted by atomic mass is 10.2. The minimum absolute atomic E-state index is 0.154. The topological polar surface area (TPSA) is 70.6 Å². The maximum atomic E-state index is 13.3. The minimum Gasteiger partial charge on any atom is -0.409 e. The summed E-state index contributed by atoms with van der Waals surface area (Å²) in [5, 5.41) is 14.3. The Balaban J connectivity index is 2.43. The molecule has 6 heteroatoms. The van der Waals surface area contributed by atoms with Crippen LogP contribution in [0, 0.1) is 5.82 Å². The van der Waals surface area contributed by atoms with Crippen LogP contribution in [0.4, 0.5) is 10.1 Å². The van der Waals surface area contributed by atoms with Crippen molar-refractivity contribution in [1.82, 2.24) is 0 Å². The van der Waals surface area contributed by atoms with Crippen LogP contribution in [0.3, 0.4) is 0 Å². The normalized spacial score (nSPS) is 11.5. The van der Waals surface area contributed by atoms with Crippen molar-refractivity contribution >= 4 is 23.1 Å². The second-order valence-electron chi connectivity index (χ2n) is 3.22. The van der Waals surface area contributed by atoms with Crippen LogP contribution in [-0.2, 0) is 0 Å². The zero-order chi connectivity index (χ0) is 12.0. The van der Waals surface area contributed by atoms with E-state index in [-0.39, 0.29) is 11.5 Å². The van der Waals surface area contributed by atoms with Crippen molar-refractivity contribution in [2.45, 2.75) is 12.8 Å². The van der Waals surface area contributed by atoms with Gasteiger partial charge < -0.3 is 16.3 Å². The van der Waals surface area contributed by atoms with Crippen LogP contribution >= 0.6 is 11.6 Å². The molecular formula is C10H13ClFN3O. The summed E-state index contributed by atoms with van der Waals surface area (Å²) in [6.45, 7) is 0.497. The Hall–Kier alpha value is -1.49. The molecule has 0 saturated heterocycles. The number of nitrogens with two attached hydrogens (primary N) is 1. The van der Waals surface area contributed by atoms with Gasteiger partial charge in [-0.1, -0.05) is 22.8 Å². The predicted molar refractivity (Wildman–Crippen MR) is 62.5 cm³/mol. The molecule has 0 radical (unpaired) electrons. The highest BCUT2D eigenvalue weighted by Crippen LogP contribution is 2.24. The van der Waals surface area contributed by atoms with Gasteiger partial charge in [0.05, 0.1) is 10.7 Å². The van der Waals surface area contributed by atoms with Crippen LogP contribution in [0.2, 0.25) is 5.02 Å². The first-order chi connectivity index (χ1) is 7.65. The van der Waals surface area contributed by atoms with Gasteiger partial charge in [-0.2, -0.15) is 0 Å². The molecule has 1 rings (SSSR count). The summed E-state index contributed by atoms with van der Waals surface area (Å²) in [4.78, 5) is 0. The van der Waals surface area contributed by atoms with Gasteiger partial charge in [0.1, 0.15) is 11.7 Å². The zero-order valence-corrected chi connectivity index (χ0v) is 9.34.